The van der Waals surface area contributed by atoms with E-state index in [0.29, 0.717) is 17.3 Å². The molecule has 2 N–H and O–H groups in total. The largest absolute Gasteiger partial charge is 0.462 e. The molecule has 0 heterocycles. The summed E-state index contributed by atoms with van der Waals surface area (Å²) in [4.78, 5) is 12.0. The van der Waals surface area contributed by atoms with Gasteiger partial charge in [-0.1, -0.05) is 48.7 Å². The van der Waals surface area contributed by atoms with Crippen molar-refractivity contribution in [1.29, 1.82) is 0 Å². The Labute approximate surface area is 172 Å². The van der Waals surface area contributed by atoms with Gasteiger partial charge in [-0.3, -0.25) is 0 Å². The summed E-state index contributed by atoms with van der Waals surface area (Å²) in [6, 6.07) is 14.2. The number of hydrogen-bond acceptors (Lipinski definition) is 3. The zero-order valence-electron chi connectivity index (χ0n) is 16.8. The first-order valence-electron chi connectivity index (χ1n) is 9.87. The van der Waals surface area contributed by atoms with E-state index in [-0.39, 0.29) is 11.5 Å². The van der Waals surface area contributed by atoms with Crippen LogP contribution in [0.3, 0.4) is 0 Å². The number of rotatable bonds is 5. The number of nitrogens with one attached hydrogen (secondary N) is 2. The van der Waals surface area contributed by atoms with Crippen LogP contribution in [0.1, 0.15) is 59.7 Å². The molecule has 0 aliphatic heterocycles. The number of anilines is 1. The Kier molecular flexibility index (Phi) is 6.35. The summed E-state index contributed by atoms with van der Waals surface area (Å²) in [5.74, 6) is -0.323. The maximum absolute atomic E-state index is 12.0. The highest BCUT2D eigenvalue weighted by atomic mass is 32.1. The standard InChI is InChI=1S/C23H28N2O2S/c1-4-27-21(26)18-10-9-17(3)20(15-18)24-22(28)25-23(13-5-6-14-23)19-11-7-16(2)8-12-19/h7-12,15H,4-6,13-14H2,1-3H3,(H2,24,25,28). The van der Waals surface area contributed by atoms with Crippen molar-refractivity contribution in [2.24, 2.45) is 0 Å². The number of carbonyl (C=O) groups is 1. The monoisotopic (exact) mass is 396 g/mol. The Morgan fingerprint density at radius 3 is 2.43 bits per heavy atom. The van der Waals surface area contributed by atoms with Crippen LogP contribution in [0.25, 0.3) is 0 Å². The number of aryl methyl sites for hydroxylation is 2. The molecule has 0 saturated heterocycles. The Bertz CT molecular complexity index is 855. The second kappa shape index (κ2) is 8.74. The average Bonchev–Trinajstić information content (AvgIpc) is 3.13. The van der Waals surface area contributed by atoms with Crippen molar-refractivity contribution >= 4 is 29.0 Å². The zero-order chi connectivity index (χ0) is 20.1. The molecule has 3 rings (SSSR count). The van der Waals surface area contributed by atoms with Gasteiger partial charge < -0.3 is 15.4 Å². The van der Waals surface area contributed by atoms with E-state index >= 15 is 0 Å². The number of carbonyl (C=O) groups excluding carboxylic acids is 1. The van der Waals surface area contributed by atoms with Crippen LogP contribution in [0.15, 0.2) is 42.5 Å². The van der Waals surface area contributed by atoms with E-state index in [2.05, 4.69) is 41.8 Å². The van der Waals surface area contributed by atoms with Crippen LogP contribution < -0.4 is 10.6 Å². The van der Waals surface area contributed by atoms with Gasteiger partial charge in [0.05, 0.1) is 17.7 Å². The summed E-state index contributed by atoms with van der Waals surface area (Å²) in [6.07, 6.45) is 4.47. The molecule has 1 aliphatic rings. The van der Waals surface area contributed by atoms with Gasteiger partial charge >= 0.3 is 5.97 Å². The highest BCUT2D eigenvalue weighted by Crippen LogP contribution is 2.39. The summed E-state index contributed by atoms with van der Waals surface area (Å²) < 4.78 is 5.10. The lowest BCUT2D eigenvalue weighted by molar-refractivity contribution is 0.0526. The van der Waals surface area contributed by atoms with E-state index in [1.54, 1.807) is 19.1 Å². The minimum Gasteiger partial charge on any atom is -0.462 e. The minimum absolute atomic E-state index is 0.134. The first-order chi connectivity index (χ1) is 13.4. The van der Waals surface area contributed by atoms with Crippen LogP contribution in [0.5, 0.6) is 0 Å². The molecular weight excluding hydrogens is 368 g/mol. The van der Waals surface area contributed by atoms with Gasteiger partial charge in [0.15, 0.2) is 5.11 Å². The Balaban J connectivity index is 1.78. The maximum atomic E-state index is 12.0. The fourth-order valence-corrected chi connectivity index (χ4v) is 4.11. The maximum Gasteiger partial charge on any atom is 0.338 e. The van der Waals surface area contributed by atoms with E-state index in [9.17, 15) is 4.79 Å². The van der Waals surface area contributed by atoms with E-state index in [4.69, 9.17) is 17.0 Å². The minimum atomic E-state index is -0.323. The van der Waals surface area contributed by atoms with Crippen LogP contribution in [0.2, 0.25) is 0 Å². The molecule has 0 spiro atoms. The highest BCUT2D eigenvalue weighted by Gasteiger charge is 2.36. The van der Waals surface area contributed by atoms with Crippen molar-refractivity contribution in [3.05, 3.63) is 64.7 Å². The smallest absolute Gasteiger partial charge is 0.338 e. The molecule has 2 aromatic carbocycles. The normalized spacial score (nSPS) is 15.1. The molecular formula is C23H28N2O2S. The molecule has 0 radical (unpaired) electrons. The van der Waals surface area contributed by atoms with Crippen LogP contribution in [0.4, 0.5) is 5.69 Å². The fourth-order valence-electron chi connectivity index (χ4n) is 3.81. The lowest BCUT2D eigenvalue weighted by Crippen LogP contribution is -2.45. The van der Waals surface area contributed by atoms with Gasteiger partial charge in [0.25, 0.3) is 0 Å². The van der Waals surface area contributed by atoms with Crippen molar-refractivity contribution in [2.45, 2.75) is 52.0 Å². The summed E-state index contributed by atoms with van der Waals surface area (Å²) in [5.41, 5.74) is 4.76. The van der Waals surface area contributed by atoms with E-state index in [1.807, 2.05) is 13.0 Å². The Morgan fingerprint density at radius 1 is 1.11 bits per heavy atom. The highest BCUT2D eigenvalue weighted by molar-refractivity contribution is 7.80. The number of esters is 1. The third-order valence-electron chi connectivity index (χ3n) is 5.41. The van der Waals surface area contributed by atoms with Gasteiger partial charge in [0.1, 0.15) is 0 Å². The zero-order valence-corrected chi connectivity index (χ0v) is 17.6. The van der Waals surface area contributed by atoms with Crippen LogP contribution in [-0.2, 0) is 10.3 Å². The molecule has 1 saturated carbocycles. The third-order valence-corrected chi connectivity index (χ3v) is 5.62. The number of benzene rings is 2. The molecule has 0 amide bonds. The molecule has 0 unspecified atom stereocenters. The fraction of sp³-hybridized carbons (Fsp3) is 0.391. The second-order valence-electron chi connectivity index (χ2n) is 7.48. The van der Waals surface area contributed by atoms with E-state index in [1.165, 1.54) is 24.0 Å². The summed E-state index contributed by atoms with van der Waals surface area (Å²) in [7, 11) is 0. The molecule has 0 aromatic heterocycles. The van der Waals surface area contributed by atoms with Gasteiger partial charge in [-0.15, -0.1) is 0 Å². The average molecular weight is 397 g/mol. The first kappa shape index (κ1) is 20.3. The number of thiocarbonyl (C=S) groups is 1. The van der Waals surface area contributed by atoms with Crippen molar-refractivity contribution in [3.8, 4) is 0 Å². The van der Waals surface area contributed by atoms with E-state index in [0.717, 1.165) is 24.1 Å². The Morgan fingerprint density at radius 2 is 1.79 bits per heavy atom. The van der Waals surface area contributed by atoms with Crippen molar-refractivity contribution < 1.29 is 9.53 Å². The molecule has 28 heavy (non-hydrogen) atoms. The molecule has 0 atom stereocenters. The SMILES string of the molecule is CCOC(=O)c1ccc(C)c(NC(=S)NC2(c3ccc(C)cc3)CCCC2)c1. The lowest BCUT2D eigenvalue weighted by Gasteiger charge is -2.33. The number of ether oxygens (including phenoxy) is 1. The molecule has 0 bridgehead atoms. The van der Waals surface area contributed by atoms with Crippen molar-refractivity contribution in [2.75, 3.05) is 11.9 Å². The topological polar surface area (TPSA) is 50.4 Å². The molecule has 2 aromatic rings. The quantitative estimate of drug-likeness (QED) is 0.535. The molecule has 148 valence electrons. The molecule has 4 nitrogen and oxygen atoms in total. The van der Waals surface area contributed by atoms with Gasteiger partial charge in [0.2, 0.25) is 0 Å². The Hall–Kier alpha value is -2.40. The molecule has 1 fully saturated rings. The lowest BCUT2D eigenvalue weighted by atomic mass is 9.88. The van der Waals surface area contributed by atoms with Crippen molar-refractivity contribution in [3.63, 3.8) is 0 Å². The van der Waals surface area contributed by atoms with Crippen LogP contribution in [-0.4, -0.2) is 17.7 Å². The van der Waals surface area contributed by atoms with Crippen LogP contribution in [0, 0.1) is 13.8 Å². The van der Waals surface area contributed by atoms with Crippen LogP contribution >= 0.6 is 12.2 Å². The van der Waals surface area contributed by atoms with Gasteiger partial charge in [-0.25, -0.2) is 4.79 Å². The van der Waals surface area contributed by atoms with Gasteiger partial charge in [0, 0.05) is 5.69 Å². The summed E-state index contributed by atoms with van der Waals surface area (Å²) in [6.45, 7) is 6.25. The third kappa shape index (κ3) is 4.53. The van der Waals surface area contributed by atoms with Gasteiger partial charge in [-0.05, 0) is 69.1 Å². The second-order valence-corrected chi connectivity index (χ2v) is 7.89. The van der Waals surface area contributed by atoms with Crippen molar-refractivity contribution in [1.82, 2.24) is 5.32 Å². The predicted octanol–water partition coefficient (Wildman–Crippen LogP) is 5.24. The predicted molar refractivity (Wildman–Crippen MR) is 118 cm³/mol. The number of hydrogen-bond donors (Lipinski definition) is 2. The molecule has 5 heteroatoms. The summed E-state index contributed by atoms with van der Waals surface area (Å²) in [5, 5.41) is 7.45. The molecule has 1 aliphatic carbocycles. The van der Waals surface area contributed by atoms with Gasteiger partial charge in [-0.2, -0.15) is 0 Å². The van der Waals surface area contributed by atoms with E-state index < -0.39 is 0 Å². The first-order valence-corrected chi connectivity index (χ1v) is 10.3. The summed E-state index contributed by atoms with van der Waals surface area (Å²) >= 11 is 5.65.